The molecule has 1 aliphatic rings. The molecule has 0 spiro atoms. The molecular weight excluding hydrogens is 403 g/mol. The zero-order valence-corrected chi connectivity index (χ0v) is 18.7. The second-order valence-corrected chi connectivity index (χ2v) is 7.89. The normalized spacial score (nSPS) is 17.6. The number of allylic oxidation sites excluding steroid dienone is 1. The van der Waals surface area contributed by atoms with Crippen molar-refractivity contribution in [3.63, 3.8) is 0 Å². The Hall–Kier alpha value is -2.68. The second-order valence-electron chi connectivity index (χ2n) is 7.89. The molecule has 2 atom stereocenters. The second kappa shape index (κ2) is 11.6. The zero-order chi connectivity index (χ0) is 23.0. The largest absolute Gasteiger partial charge is 0.463 e. The molecule has 9 heteroatoms. The maximum absolute atomic E-state index is 13.5. The molecule has 31 heavy (non-hydrogen) atoms. The molecule has 0 radical (unpaired) electrons. The lowest BCUT2D eigenvalue weighted by Crippen LogP contribution is -2.33. The summed E-state index contributed by atoms with van der Waals surface area (Å²) < 4.78 is 19.2. The Morgan fingerprint density at radius 3 is 2.65 bits per heavy atom. The first-order chi connectivity index (χ1) is 14.8. The Labute approximate surface area is 182 Å². The van der Waals surface area contributed by atoms with Crippen molar-refractivity contribution < 1.29 is 23.2 Å². The summed E-state index contributed by atoms with van der Waals surface area (Å²) in [7, 11) is 4.03. The number of nitrogens with zero attached hydrogens (tertiary/aromatic N) is 1. The van der Waals surface area contributed by atoms with Crippen LogP contribution in [0.5, 0.6) is 0 Å². The van der Waals surface area contributed by atoms with Crippen molar-refractivity contribution in [3.05, 3.63) is 34.8 Å². The summed E-state index contributed by atoms with van der Waals surface area (Å²) in [6.07, 6.45) is 4.49. The minimum absolute atomic E-state index is 0.00249. The minimum atomic E-state index is -0.865. The maximum Gasteiger partial charge on any atom is 0.322 e. The van der Waals surface area contributed by atoms with Crippen molar-refractivity contribution in [2.24, 2.45) is 0 Å². The van der Waals surface area contributed by atoms with Crippen molar-refractivity contribution in [2.75, 3.05) is 27.3 Å². The van der Waals surface area contributed by atoms with Crippen LogP contribution in [0.1, 0.15) is 56.2 Å². The highest BCUT2D eigenvalue weighted by molar-refractivity contribution is 6.04. The fourth-order valence-electron chi connectivity index (χ4n) is 3.62. The molecule has 2 unspecified atom stereocenters. The molecule has 8 nitrogen and oxygen atoms in total. The molecule has 1 aromatic rings. The summed E-state index contributed by atoms with van der Waals surface area (Å²) in [6, 6.07) is 0.669. The van der Waals surface area contributed by atoms with Crippen LogP contribution in [0.4, 0.5) is 9.18 Å². The lowest BCUT2D eigenvalue weighted by molar-refractivity contribution is -0.121. The summed E-state index contributed by atoms with van der Waals surface area (Å²) in [5.74, 6) is 0.335. The maximum atomic E-state index is 13.5. The van der Waals surface area contributed by atoms with Crippen LogP contribution in [0.15, 0.2) is 22.1 Å². The lowest BCUT2D eigenvalue weighted by Gasteiger charge is -2.22. The molecule has 0 aliphatic carbocycles. The number of hydrogen-bond acceptors (Lipinski definition) is 5. The molecule has 4 amide bonds. The minimum Gasteiger partial charge on any atom is -0.463 e. The van der Waals surface area contributed by atoms with Crippen molar-refractivity contribution in [2.45, 2.75) is 58.0 Å². The number of alkyl halides is 1. The van der Waals surface area contributed by atoms with Gasteiger partial charge < -0.3 is 20.0 Å². The number of carbonyl (C=O) groups excluding carboxylic acids is 3. The van der Waals surface area contributed by atoms with E-state index in [2.05, 4.69) is 27.8 Å². The first kappa shape index (κ1) is 24.6. The van der Waals surface area contributed by atoms with Gasteiger partial charge >= 0.3 is 6.03 Å². The average Bonchev–Trinajstić information content (AvgIpc) is 3.29. The van der Waals surface area contributed by atoms with Gasteiger partial charge in [-0.2, -0.15) is 0 Å². The number of amides is 4. The van der Waals surface area contributed by atoms with E-state index in [0.29, 0.717) is 42.5 Å². The molecule has 2 rings (SSSR count). The highest BCUT2D eigenvalue weighted by Gasteiger charge is 2.34. The fourth-order valence-corrected chi connectivity index (χ4v) is 3.62. The number of urea groups is 1. The number of carbonyl (C=O) groups is 3. The number of furan rings is 1. The molecule has 0 bridgehead atoms. The predicted molar refractivity (Wildman–Crippen MR) is 115 cm³/mol. The van der Waals surface area contributed by atoms with Crippen LogP contribution in [-0.2, 0) is 22.4 Å². The van der Waals surface area contributed by atoms with Crippen LogP contribution >= 0.6 is 0 Å². The van der Waals surface area contributed by atoms with Crippen molar-refractivity contribution in [1.29, 1.82) is 0 Å². The van der Waals surface area contributed by atoms with E-state index in [-0.39, 0.29) is 12.3 Å². The van der Waals surface area contributed by atoms with Gasteiger partial charge in [0.15, 0.2) is 6.04 Å². The van der Waals surface area contributed by atoms with Crippen LogP contribution in [0, 0.1) is 0 Å². The van der Waals surface area contributed by atoms with E-state index in [1.165, 1.54) is 0 Å². The molecule has 2 heterocycles. The number of imide groups is 1. The summed E-state index contributed by atoms with van der Waals surface area (Å²) in [5, 5.41) is 7.53. The van der Waals surface area contributed by atoms with Gasteiger partial charge in [-0.1, -0.05) is 19.9 Å². The zero-order valence-electron chi connectivity index (χ0n) is 18.7. The van der Waals surface area contributed by atoms with Crippen LogP contribution in [-0.4, -0.2) is 56.1 Å². The lowest BCUT2D eigenvalue weighted by atomic mass is 10.1. The Morgan fingerprint density at radius 2 is 2.10 bits per heavy atom. The number of rotatable bonds is 12. The van der Waals surface area contributed by atoms with E-state index >= 15 is 0 Å². The average molecular weight is 437 g/mol. The van der Waals surface area contributed by atoms with E-state index in [4.69, 9.17) is 4.42 Å². The SMILES string of the molecule is CCc1oc(C2NC(=O)NC2=O)cc1C/C=C(\CF)CC(=O)NCCC(CC)N(C)C. The molecule has 0 saturated carbocycles. The van der Waals surface area contributed by atoms with Crippen LogP contribution in [0.3, 0.4) is 0 Å². The van der Waals surface area contributed by atoms with Gasteiger partial charge in [-0.05, 0) is 50.6 Å². The fraction of sp³-hybridized carbons (Fsp3) is 0.591. The Kier molecular flexibility index (Phi) is 9.23. The van der Waals surface area contributed by atoms with Crippen LogP contribution < -0.4 is 16.0 Å². The molecular formula is C22H33FN4O4. The standard InChI is InChI=1S/C22H33FN4O4/c1-5-16(27(3)4)9-10-24-19(28)11-14(13-23)7-8-15-12-18(31-17(15)6-2)20-21(29)26-22(30)25-20/h7,12,16,20H,5-6,8-11,13H2,1-4H3,(H,24,28)(H2,25,26,29,30)/b14-7-. The first-order valence-electron chi connectivity index (χ1n) is 10.7. The van der Waals surface area contributed by atoms with Gasteiger partial charge in [0.1, 0.15) is 18.2 Å². The van der Waals surface area contributed by atoms with E-state index in [1.807, 2.05) is 21.0 Å². The van der Waals surface area contributed by atoms with E-state index in [9.17, 15) is 18.8 Å². The first-order valence-corrected chi connectivity index (χ1v) is 10.7. The third-order valence-corrected chi connectivity index (χ3v) is 5.47. The smallest absolute Gasteiger partial charge is 0.322 e. The van der Waals surface area contributed by atoms with Gasteiger partial charge in [0.05, 0.1) is 6.42 Å². The quantitative estimate of drug-likeness (QED) is 0.345. The van der Waals surface area contributed by atoms with Gasteiger partial charge in [0.25, 0.3) is 5.91 Å². The number of nitrogens with one attached hydrogen (secondary N) is 3. The third-order valence-electron chi connectivity index (χ3n) is 5.47. The van der Waals surface area contributed by atoms with Gasteiger partial charge in [0, 0.05) is 19.0 Å². The molecule has 1 aromatic heterocycles. The van der Waals surface area contributed by atoms with Gasteiger partial charge in [-0.25, -0.2) is 9.18 Å². The van der Waals surface area contributed by atoms with E-state index < -0.39 is 24.7 Å². The predicted octanol–water partition coefficient (Wildman–Crippen LogP) is 2.40. The number of hydrogen-bond donors (Lipinski definition) is 3. The number of aryl methyl sites for hydroxylation is 1. The summed E-state index contributed by atoms with van der Waals surface area (Å²) in [4.78, 5) is 37.5. The highest BCUT2D eigenvalue weighted by Crippen LogP contribution is 2.25. The summed E-state index contributed by atoms with van der Waals surface area (Å²) >= 11 is 0. The molecule has 0 aromatic carbocycles. The number of halogens is 1. The van der Waals surface area contributed by atoms with Crippen LogP contribution in [0.25, 0.3) is 0 Å². The topological polar surface area (TPSA) is 104 Å². The molecule has 172 valence electrons. The summed E-state index contributed by atoms with van der Waals surface area (Å²) in [5.41, 5.74) is 1.20. The summed E-state index contributed by atoms with van der Waals surface area (Å²) in [6.45, 7) is 3.85. The van der Waals surface area contributed by atoms with Gasteiger partial charge in [-0.3, -0.25) is 14.9 Å². The highest BCUT2D eigenvalue weighted by atomic mass is 19.1. The Morgan fingerprint density at radius 1 is 1.35 bits per heavy atom. The molecule has 3 N–H and O–H groups in total. The monoisotopic (exact) mass is 436 g/mol. The Balaban J connectivity index is 1.95. The van der Waals surface area contributed by atoms with Crippen molar-refractivity contribution in [3.8, 4) is 0 Å². The molecule has 1 aliphatic heterocycles. The van der Waals surface area contributed by atoms with Crippen LogP contribution in [0.2, 0.25) is 0 Å². The van der Waals surface area contributed by atoms with Crippen molar-refractivity contribution >= 4 is 17.8 Å². The Bertz CT molecular complexity index is 818. The van der Waals surface area contributed by atoms with Crippen molar-refractivity contribution in [1.82, 2.24) is 20.9 Å². The molecule has 1 fully saturated rings. The molecule has 1 saturated heterocycles. The third kappa shape index (κ3) is 6.92. The van der Waals surface area contributed by atoms with Gasteiger partial charge in [0.2, 0.25) is 5.91 Å². The van der Waals surface area contributed by atoms with Gasteiger partial charge in [-0.15, -0.1) is 0 Å². The van der Waals surface area contributed by atoms with E-state index in [1.54, 1.807) is 12.1 Å². The van der Waals surface area contributed by atoms with E-state index in [0.717, 1.165) is 18.4 Å².